The third kappa shape index (κ3) is 4.33. The van der Waals surface area contributed by atoms with Gasteiger partial charge in [-0.3, -0.25) is 4.79 Å². The van der Waals surface area contributed by atoms with Gasteiger partial charge in [-0.15, -0.1) is 0 Å². The van der Waals surface area contributed by atoms with Crippen molar-refractivity contribution in [3.05, 3.63) is 35.9 Å². The van der Waals surface area contributed by atoms with E-state index in [2.05, 4.69) is 17.4 Å². The number of ether oxygens (including phenoxy) is 1. The lowest BCUT2D eigenvalue weighted by Gasteiger charge is -2.11. The predicted octanol–water partition coefficient (Wildman–Crippen LogP) is 1.41. The monoisotopic (exact) mass is 262 g/mol. The Morgan fingerprint density at radius 3 is 2.84 bits per heavy atom. The van der Waals surface area contributed by atoms with Crippen LogP contribution in [-0.2, 0) is 16.1 Å². The van der Waals surface area contributed by atoms with Crippen molar-refractivity contribution in [1.29, 1.82) is 0 Å². The van der Waals surface area contributed by atoms with Crippen LogP contribution in [0.1, 0.15) is 18.4 Å². The van der Waals surface area contributed by atoms with Gasteiger partial charge in [0.1, 0.15) is 6.10 Å². The minimum atomic E-state index is -0.209. The van der Waals surface area contributed by atoms with Crippen LogP contribution in [0.5, 0.6) is 0 Å². The molecule has 1 saturated heterocycles. The molecule has 1 aromatic carbocycles. The molecule has 0 aliphatic carbocycles. The molecular formula is C15H22N2O2. The van der Waals surface area contributed by atoms with Crippen molar-refractivity contribution in [1.82, 2.24) is 10.2 Å². The van der Waals surface area contributed by atoms with Crippen molar-refractivity contribution >= 4 is 5.91 Å². The number of hydrogen-bond donors (Lipinski definition) is 1. The number of hydrogen-bond acceptors (Lipinski definition) is 3. The highest BCUT2D eigenvalue weighted by molar-refractivity contribution is 5.82. The summed E-state index contributed by atoms with van der Waals surface area (Å²) in [5, 5.41) is 3.37. The molecule has 1 unspecified atom stereocenters. The molecule has 0 saturated carbocycles. The Labute approximate surface area is 114 Å². The van der Waals surface area contributed by atoms with Gasteiger partial charge in [-0.05, 0) is 18.5 Å². The van der Waals surface area contributed by atoms with Gasteiger partial charge in [-0.2, -0.15) is 0 Å². The summed E-state index contributed by atoms with van der Waals surface area (Å²) in [6, 6.07) is 10.3. The van der Waals surface area contributed by atoms with E-state index in [9.17, 15) is 4.79 Å². The van der Waals surface area contributed by atoms with E-state index in [0.717, 1.165) is 32.5 Å². The Kier molecular flexibility index (Phi) is 5.36. The molecule has 0 spiro atoms. The van der Waals surface area contributed by atoms with Crippen LogP contribution in [0.4, 0.5) is 0 Å². The molecule has 1 aliphatic rings. The summed E-state index contributed by atoms with van der Waals surface area (Å²) in [6.07, 6.45) is 1.55. The van der Waals surface area contributed by atoms with E-state index in [4.69, 9.17) is 4.74 Å². The molecule has 4 heteroatoms. The normalized spacial score (nSPS) is 19.1. The van der Waals surface area contributed by atoms with Crippen molar-refractivity contribution in [2.24, 2.45) is 0 Å². The second-order valence-electron chi connectivity index (χ2n) is 4.92. The summed E-state index contributed by atoms with van der Waals surface area (Å²) in [4.78, 5) is 13.3. The Bertz CT molecular complexity index is 394. The van der Waals surface area contributed by atoms with Crippen LogP contribution in [-0.4, -0.2) is 43.7 Å². The summed E-state index contributed by atoms with van der Waals surface area (Å²) in [7, 11) is 1.83. The Morgan fingerprint density at radius 2 is 2.16 bits per heavy atom. The number of benzene rings is 1. The lowest BCUT2D eigenvalue weighted by atomic mass is 10.2. The first-order valence-corrected chi connectivity index (χ1v) is 6.88. The maximum atomic E-state index is 11.6. The first kappa shape index (κ1) is 14.0. The molecule has 1 heterocycles. The standard InChI is InChI=1S/C15H22N2O2/c1-17-10-8-14(15(17)18)19-11-5-9-16-12-13-6-3-2-4-7-13/h2-4,6-7,14,16H,5,8-12H2,1H3. The number of carbonyl (C=O) groups is 1. The number of nitrogens with one attached hydrogen (secondary N) is 1. The summed E-state index contributed by atoms with van der Waals surface area (Å²) in [5.74, 6) is 0.122. The maximum absolute atomic E-state index is 11.6. The van der Waals surface area contributed by atoms with E-state index in [0.29, 0.717) is 6.61 Å². The van der Waals surface area contributed by atoms with Gasteiger partial charge in [0.15, 0.2) is 0 Å². The van der Waals surface area contributed by atoms with Gasteiger partial charge in [0.2, 0.25) is 0 Å². The zero-order chi connectivity index (χ0) is 13.5. The van der Waals surface area contributed by atoms with Gasteiger partial charge < -0.3 is 15.0 Å². The fourth-order valence-electron chi connectivity index (χ4n) is 2.20. The molecule has 0 aromatic heterocycles. The average Bonchev–Trinajstić information content (AvgIpc) is 2.75. The third-order valence-electron chi connectivity index (χ3n) is 3.37. The number of nitrogens with zero attached hydrogens (tertiary/aromatic N) is 1. The van der Waals surface area contributed by atoms with Gasteiger partial charge in [0.25, 0.3) is 5.91 Å². The molecule has 104 valence electrons. The van der Waals surface area contributed by atoms with Gasteiger partial charge >= 0.3 is 0 Å². The molecule has 1 fully saturated rings. The molecule has 1 aromatic rings. The molecule has 0 radical (unpaired) electrons. The highest BCUT2D eigenvalue weighted by atomic mass is 16.5. The van der Waals surface area contributed by atoms with Crippen molar-refractivity contribution < 1.29 is 9.53 Å². The van der Waals surface area contributed by atoms with Crippen molar-refractivity contribution in [2.75, 3.05) is 26.7 Å². The Balaban J connectivity index is 1.52. The number of carbonyl (C=O) groups excluding carboxylic acids is 1. The number of rotatable bonds is 7. The van der Waals surface area contributed by atoms with Crippen LogP contribution >= 0.6 is 0 Å². The summed E-state index contributed by atoms with van der Waals surface area (Å²) in [5.41, 5.74) is 1.29. The van der Waals surface area contributed by atoms with Crippen LogP contribution in [0.2, 0.25) is 0 Å². The lowest BCUT2D eigenvalue weighted by Crippen LogP contribution is -2.28. The van der Waals surface area contributed by atoms with Crippen LogP contribution in [0, 0.1) is 0 Å². The van der Waals surface area contributed by atoms with Crippen LogP contribution in [0.15, 0.2) is 30.3 Å². The first-order chi connectivity index (χ1) is 9.27. The van der Waals surface area contributed by atoms with E-state index in [-0.39, 0.29) is 12.0 Å². The van der Waals surface area contributed by atoms with E-state index in [1.165, 1.54) is 5.56 Å². The quantitative estimate of drug-likeness (QED) is 0.756. The highest BCUT2D eigenvalue weighted by Crippen LogP contribution is 2.12. The summed E-state index contributed by atoms with van der Waals surface area (Å²) in [6.45, 7) is 3.25. The molecule has 1 N–H and O–H groups in total. The molecule has 1 aliphatic heterocycles. The molecule has 1 atom stereocenters. The van der Waals surface area contributed by atoms with Gasteiger partial charge in [-0.1, -0.05) is 30.3 Å². The number of likely N-dealkylation sites (tertiary alicyclic amines) is 1. The average molecular weight is 262 g/mol. The zero-order valence-electron chi connectivity index (χ0n) is 11.5. The van der Waals surface area contributed by atoms with E-state index in [1.54, 1.807) is 4.90 Å². The predicted molar refractivity (Wildman–Crippen MR) is 74.8 cm³/mol. The van der Waals surface area contributed by atoms with Gasteiger partial charge in [-0.25, -0.2) is 0 Å². The molecular weight excluding hydrogens is 240 g/mol. The van der Waals surface area contributed by atoms with E-state index < -0.39 is 0 Å². The third-order valence-corrected chi connectivity index (χ3v) is 3.37. The smallest absolute Gasteiger partial charge is 0.251 e. The largest absolute Gasteiger partial charge is 0.368 e. The van der Waals surface area contributed by atoms with Crippen LogP contribution in [0.25, 0.3) is 0 Å². The van der Waals surface area contributed by atoms with E-state index >= 15 is 0 Å². The topological polar surface area (TPSA) is 41.6 Å². The van der Waals surface area contributed by atoms with Gasteiger partial charge in [0, 0.05) is 33.2 Å². The van der Waals surface area contributed by atoms with Crippen LogP contribution < -0.4 is 5.32 Å². The number of amides is 1. The first-order valence-electron chi connectivity index (χ1n) is 6.88. The Hall–Kier alpha value is -1.39. The fourth-order valence-corrected chi connectivity index (χ4v) is 2.20. The minimum Gasteiger partial charge on any atom is -0.368 e. The summed E-state index contributed by atoms with van der Waals surface area (Å²) < 4.78 is 5.61. The number of likely N-dealkylation sites (N-methyl/N-ethyl adjacent to an activating group) is 1. The SMILES string of the molecule is CN1CCC(OCCCNCc2ccccc2)C1=O. The molecule has 2 rings (SSSR count). The maximum Gasteiger partial charge on any atom is 0.251 e. The second kappa shape index (κ2) is 7.26. The lowest BCUT2D eigenvalue weighted by molar-refractivity contribution is -0.136. The van der Waals surface area contributed by atoms with Crippen molar-refractivity contribution in [3.63, 3.8) is 0 Å². The van der Waals surface area contributed by atoms with Gasteiger partial charge in [0.05, 0.1) is 0 Å². The van der Waals surface area contributed by atoms with E-state index in [1.807, 2.05) is 25.2 Å². The van der Waals surface area contributed by atoms with Crippen molar-refractivity contribution in [3.8, 4) is 0 Å². The highest BCUT2D eigenvalue weighted by Gasteiger charge is 2.29. The second-order valence-corrected chi connectivity index (χ2v) is 4.92. The summed E-state index contributed by atoms with van der Waals surface area (Å²) >= 11 is 0. The molecule has 4 nitrogen and oxygen atoms in total. The minimum absolute atomic E-state index is 0.122. The molecule has 1 amide bonds. The van der Waals surface area contributed by atoms with Crippen molar-refractivity contribution in [2.45, 2.75) is 25.5 Å². The fraction of sp³-hybridized carbons (Fsp3) is 0.533. The van der Waals surface area contributed by atoms with Crippen LogP contribution in [0.3, 0.4) is 0 Å². The zero-order valence-corrected chi connectivity index (χ0v) is 11.5. The molecule has 19 heavy (non-hydrogen) atoms. The molecule has 0 bridgehead atoms. The Morgan fingerprint density at radius 1 is 1.37 bits per heavy atom.